The van der Waals surface area contributed by atoms with Crippen molar-refractivity contribution >= 4 is 23.5 Å². The zero-order valence-electron chi connectivity index (χ0n) is 21.2. The molecule has 1 aliphatic heterocycles. The van der Waals surface area contributed by atoms with E-state index in [9.17, 15) is 13.6 Å². The normalized spacial score (nSPS) is 17.4. The van der Waals surface area contributed by atoms with Crippen LogP contribution in [0.25, 0.3) is 11.1 Å². The molecule has 3 heterocycles. The molecule has 1 atom stereocenters. The van der Waals surface area contributed by atoms with Gasteiger partial charge in [-0.1, -0.05) is 11.8 Å². The summed E-state index contributed by atoms with van der Waals surface area (Å²) in [7, 11) is 3.26. The molecule has 2 aliphatic rings. The second kappa shape index (κ2) is 12.3. The van der Waals surface area contributed by atoms with Crippen molar-refractivity contribution in [2.24, 2.45) is 5.92 Å². The van der Waals surface area contributed by atoms with Gasteiger partial charge < -0.3 is 19.7 Å². The van der Waals surface area contributed by atoms with Gasteiger partial charge in [-0.2, -0.15) is 0 Å². The van der Waals surface area contributed by atoms with Gasteiger partial charge in [-0.25, -0.2) is 8.78 Å². The van der Waals surface area contributed by atoms with Gasteiger partial charge in [-0.05, 0) is 56.7 Å². The molecule has 10 heteroatoms. The van der Waals surface area contributed by atoms with Gasteiger partial charge >= 0.3 is 0 Å². The number of nitrogens with zero attached hydrogens (tertiary/aromatic N) is 3. The van der Waals surface area contributed by atoms with E-state index in [4.69, 9.17) is 4.74 Å². The molecule has 2 aromatic rings. The Balaban J connectivity index is 1.67. The smallest absolute Gasteiger partial charge is 0.280 e. The predicted octanol–water partition coefficient (Wildman–Crippen LogP) is 5.18. The van der Waals surface area contributed by atoms with Crippen LogP contribution in [0.1, 0.15) is 50.4 Å². The Morgan fingerprint density at radius 2 is 2.08 bits per heavy atom. The van der Waals surface area contributed by atoms with Crippen LogP contribution in [-0.2, 0) is 11.2 Å². The molecule has 0 bridgehead atoms. The molecule has 1 saturated carbocycles. The molecule has 2 N–H and O–H groups in total. The number of carbonyl (C=O) groups is 1. The van der Waals surface area contributed by atoms with Crippen LogP contribution in [0.4, 0.5) is 14.5 Å². The highest BCUT2D eigenvalue weighted by Gasteiger charge is 2.26. The first-order valence-electron chi connectivity index (χ1n) is 12.3. The van der Waals surface area contributed by atoms with Gasteiger partial charge in [0.25, 0.3) is 6.43 Å². The Morgan fingerprint density at radius 1 is 1.27 bits per heavy atom. The topological polar surface area (TPSA) is 79.4 Å². The van der Waals surface area contributed by atoms with Crippen molar-refractivity contribution in [1.82, 2.24) is 20.2 Å². The summed E-state index contributed by atoms with van der Waals surface area (Å²) >= 11 is 1.30. The summed E-state index contributed by atoms with van der Waals surface area (Å²) in [5.41, 5.74) is 1.78. The highest BCUT2D eigenvalue weighted by molar-refractivity contribution is 8.04. The molecule has 0 radical (unpaired) electrons. The van der Waals surface area contributed by atoms with E-state index in [-0.39, 0.29) is 24.1 Å². The van der Waals surface area contributed by atoms with Crippen LogP contribution in [0.2, 0.25) is 0 Å². The van der Waals surface area contributed by atoms with Gasteiger partial charge in [0, 0.05) is 42.9 Å². The van der Waals surface area contributed by atoms with E-state index in [0.717, 1.165) is 37.1 Å². The fourth-order valence-electron chi connectivity index (χ4n) is 4.14. The number of halogens is 2. The molecule has 0 spiro atoms. The third-order valence-electron chi connectivity index (χ3n) is 6.31. The molecule has 1 unspecified atom stereocenters. The molecular formula is C27H31F2N5O2S. The number of likely N-dealkylation sites (tertiary alicyclic amines) is 1. The van der Waals surface area contributed by atoms with E-state index in [1.54, 1.807) is 25.5 Å². The van der Waals surface area contributed by atoms with Crippen molar-refractivity contribution in [2.75, 3.05) is 25.4 Å². The van der Waals surface area contributed by atoms with E-state index in [0.29, 0.717) is 34.2 Å². The molecule has 2 fully saturated rings. The quantitative estimate of drug-likeness (QED) is 0.344. The van der Waals surface area contributed by atoms with Crippen molar-refractivity contribution in [3.63, 3.8) is 0 Å². The lowest BCUT2D eigenvalue weighted by atomic mass is 10.0. The average molecular weight is 528 g/mol. The molecule has 1 saturated heterocycles. The lowest BCUT2D eigenvalue weighted by molar-refractivity contribution is -0.131. The second-order valence-corrected chi connectivity index (χ2v) is 9.98. The number of ether oxygens (including phenoxy) is 1. The van der Waals surface area contributed by atoms with E-state index in [2.05, 4.69) is 31.8 Å². The van der Waals surface area contributed by atoms with Crippen LogP contribution in [-0.4, -0.2) is 47.5 Å². The number of alkyl halides is 2. The van der Waals surface area contributed by atoms with Crippen LogP contribution >= 0.6 is 11.9 Å². The summed E-state index contributed by atoms with van der Waals surface area (Å²) in [5.74, 6) is 7.20. The number of rotatable bonds is 9. The first kappa shape index (κ1) is 26.7. The van der Waals surface area contributed by atoms with Crippen molar-refractivity contribution in [1.29, 1.82) is 0 Å². The van der Waals surface area contributed by atoms with Crippen LogP contribution in [0.15, 0.2) is 35.6 Å². The van der Waals surface area contributed by atoms with Crippen LogP contribution < -0.4 is 14.8 Å². The fraction of sp³-hybridized carbons (Fsp3) is 0.444. The third kappa shape index (κ3) is 6.92. The maximum atomic E-state index is 13.5. The Hall–Kier alpha value is -3.32. The Kier molecular flexibility index (Phi) is 8.87. The maximum absolute atomic E-state index is 13.5. The zero-order chi connectivity index (χ0) is 26.4. The number of carbonyl (C=O) groups excluding carboxylic acids is 1. The van der Waals surface area contributed by atoms with Gasteiger partial charge in [0.05, 0.1) is 42.2 Å². The zero-order valence-corrected chi connectivity index (χ0v) is 22.0. The Labute approximate surface area is 220 Å². The molecule has 4 rings (SSSR count). The van der Waals surface area contributed by atoms with Crippen LogP contribution in [0, 0.1) is 17.8 Å². The first-order valence-corrected chi connectivity index (χ1v) is 13.1. The monoisotopic (exact) mass is 527 g/mol. The summed E-state index contributed by atoms with van der Waals surface area (Å²) in [5, 5.41) is 3.00. The first-order chi connectivity index (χ1) is 17.9. The number of allylic oxidation sites excluding steroid dienone is 1. The minimum atomic E-state index is -2.74. The van der Waals surface area contributed by atoms with E-state index in [1.807, 2.05) is 11.8 Å². The van der Waals surface area contributed by atoms with Crippen molar-refractivity contribution < 1.29 is 18.3 Å². The molecule has 196 valence electrons. The van der Waals surface area contributed by atoms with E-state index >= 15 is 0 Å². The number of pyridine rings is 2. The molecule has 0 aromatic carbocycles. The molecular weight excluding hydrogens is 496 g/mol. The standard InChI is InChI=1S/C27H31F2N5O2S/c1-17-5-4-10-34(17)26(35)12-19-11-21(22-13-23(27(28)29)32-16-25(22)36-3)24(15-31-19)33-37-20(14-30-2)9-8-18-6-7-18/h11,13-18,27,30,33H,4-7,10,12H2,1-3H3/b20-14-. The maximum Gasteiger partial charge on any atom is 0.280 e. The highest BCUT2D eigenvalue weighted by Crippen LogP contribution is 2.38. The SMILES string of the molecule is CN/C=C(/C#CC1CC1)SNc1cnc(CC(=O)N2CCCC2C)cc1-c1cc(C(F)F)ncc1OC. The number of hydrogen-bond donors (Lipinski definition) is 2. The van der Waals surface area contributed by atoms with E-state index in [1.165, 1.54) is 31.3 Å². The number of hydrogen-bond acceptors (Lipinski definition) is 7. The third-order valence-corrected chi connectivity index (χ3v) is 7.07. The number of aromatic nitrogens is 2. The number of nitrogens with one attached hydrogen (secondary N) is 2. The van der Waals surface area contributed by atoms with Crippen molar-refractivity contribution in [2.45, 2.75) is 51.5 Å². The molecule has 1 amide bonds. The minimum Gasteiger partial charge on any atom is -0.494 e. The number of anilines is 1. The van der Waals surface area contributed by atoms with E-state index < -0.39 is 6.43 Å². The predicted molar refractivity (Wildman–Crippen MR) is 142 cm³/mol. The van der Waals surface area contributed by atoms with Gasteiger partial charge in [0.1, 0.15) is 11.4 Å². The minimum absolute atomic E-state index is 0.00286. The summed E-state index contributed by atoms with van der Waals surface area (Å²) < 4.78 is 35.8. The van der Waals surface area contributed by atoms with Gasteiger partial charge in [-0.3, -0.25) is 14.8 Å². The fourth-order valence-corrected chi connectivity index (χ4v) is 4.81. The Morgan fingerprint density at radius 3 is 2.73 bits per heavy atom. The van der Waals surface area contributed by atoms with Gasteiger partial charge in [-0.15, -0.1) is 0 Å². The number of amides is 1. The average Bonchev–Trinajstić information content (AvgIpc) is 3.63. The molecule has 7 nitrogen and oxygen atoms in total. The Bertz CT molecular complexity index is 1220. The highest BCUT2D eigenvalue weighted by atomic mass is 32.2. The van der Waals surface area contributed by atoms with Gasteiger partial charge in [0.2, 0.25) is 5.91 Å². The second-order valence-electron chi connectivity index (χ2n) is 9.13. The molecule has 1 aliphatic carbocycles. The summed E-state index contributed by atoms with van der Waals surface area (Å²) in [6.07, 6.45) is 6.31. The lowest BCUT2D eigenvalue weighted by Gasteiger charge is -2.21. The van der Waals surface area contributed by atoms with Crippen LogP contribution in [0.5, 0.6) is 5.75 Å². The lowest BCUT2D eigenvalue weighted by Crippen LogP contribution is -2.34. The summed E-state index contributed by atoms with van der Waals surface area (Å²) in [6, 6.07) is 3.28. The summed E-state index contributed by atoms with van der Waals surface area (Å²) in [4.78, 5) is 23.9. The molecule has 2 aromatic heterocycles. The molecule has 37 heavy (non-hydrogen) atoms. The van der Waals surface area contributed by atoms with Crippen molar-refractivity contribution in [3.8, 4) is 28.7 Å². The summed E-state index contributed by atoms with van der Waals surface area (Å²) in [6.45, 7) is 2.78. The number of methoxy groups -OCH3 is 1. The van der Waals surface area contributed by atoms with Crippen LogP contribution in [0.3, 0.4) is 0 Å². The van der Waals surface area contributed by atoms with Gasteiger partial charge in [0.15, 0.2) is 0 Å². The largest absolute Gasteiger partial charge is 0.494 e. The van der Waals surface area contributed by atoms with Crippen molar-refractivity contribution in [3.05, 3.63) is 47.0 Å².